The van der Waals surface area contributed by atoms with E-state index in [0.29, 0.717) is 12.1 Å². The molecule has 2 rings (SSSR count). The maximum atomic E-state index is 8.88. The molecule has 0 atom stereocenters. The van der Waals surface area contributed by atoms with Crippen molar-refractivity contribution in [2.75, 3.05) is 12.4 Å². The second-order valence-electron chi connectivity index (χ2n) is 4.37. The van der Waals surface area contributed by atoms with Gasteiger partial charge in [-0.3, -0.25) is 0 Å². The number of aryl methyl sites for hydroxylation is 1. The van der Waals surface area contributed by atoms with E-state index in [-0.39, 0.29) is 0 Å². The lowest BCUT2D eigenvalue weighted by Crippen LogP contribution is -2.02. The van der Waals surface area contributed by atoms with E-state index < -0.39 is 0 Å². The minimum absolute atomic E-state index is 0.662. The molecule has 0 aliphatic carbocycles. The summed E-state index contributed by atoms with van der Waals surface area (Å²) in [5, 5.41) is 12.2. The van der Waals surface area contributed by atoms with Gasteiger partial charge < -0.3 is 10.1 Å². The molecule has 0 heterocycles. The summed E-state index contributed by atoms with van der Waals surface area (Å²) < 4.78 is 5.32. The van der Waals surface area contributed by atoms with Gasteiger partial charge in [-0.1, -0.05) is 18.2 Å². The number of ether oxygens (including phenoxy) is 1. The van der Waals surface area contributed by atoms with Gasteiger partial charge in [0, 0.05) is 6.54 Å². The summed E-state index contributed by atoms with van der Waals surface area (Å²) in [7, 11) is 1.66. The van der Waals surface area contributed by atoms with Crippen molar-refractivity contribution in [2.24, 2.45) is 0 Å². The van der Waals surface area contributed by atoms with Gasteiger partial charge in [0.1, 0.15) is 5.75 Å². The Morgan fingerprint density at radius 1 is 1.21 bits per heavy atom. The summed E-state index contributed by atoms with van der Waals surface area (Å²) >= 11 is 0. The number of nitrogens with zero attached hydrogens (tertiary/aromatic N) is 1. The number of nitrogens with one attached hydrogen (secondary N) is 1. The monoisotopic (exact) mass is 252 g/mol. The van der Waals surface area contributed by atoms with Crippen LogP contribution in [0, 0.1) is 18.3 Å². The lowest BCUT2D eigenvalue weighted by atomic mass is 10.1. The lowest BCUT2D eigenvalue weighted by molar-refractivity contribution is 0.416. The number of nitriles is 1. The fraction of sp³-hybridized carbons (Fsp3) is 0.188. The zero-order valence-electron chi connectivity index (χ0n) is 11.1. The molecule has 0 aliphatic heterocycles. The first-order valence-corrected chi connectivity index (χ1v) is 6.10. The normalized spacial score (nSPS) is 9.74. The molecule has 1 N–H and O–H groups in total. The fourth-order valence-corrected chi connectivity index (χ4v) is 1.91. The Morgan fingerprint density at radius 2 is 2.05 bits per heavy atom. The van der Waals surface area contributed by atoms with Crippen molar-refractivity contribution in [2.45, 2.75) is 13.5 Å². The van der Waals surface area contributed by atoms with Gasteiger partial charge in [0.2, 0.25) is 0 Å². The Balaban J connectivity index is 2.14. The molecule has 0 bridgehead atoms. The highest BCUT2D eigenvalue weighted by Gasteiger charge is 2.03. The summed E-state index contributed by atoms with van der Waals surface area (Å²) in [5.41, 5.74) is 3.89. The summed E-state index contributed by atoms with van der Waals surface area (Å²) in [6.07, 6.45) is 0. The third kappa shape index (κ3) is 3.26. The molecule has 0 fully saturated rings. The molecular weight excluding hydrogens is 236 g/mol. The van der Waals surface area contributed by atoms with Gasteiger partial charge in [-0.15, -0.1) is 0 Å². The Kier molecular flexibility index (Phi) is 4.04. The predicted octanol–water partition coefficient (Wildman–Crippen LogP) is 3.49. The molecule has 2 aromatic carbocycles. The molecule has 0 aliphatic rings. The molecule has 19 heavy (non-hydrogen) atoms. The summed E-state index contributed by atoms with van der Waals surface area (Å²) in [5.74, 6) is 0.821. The number of hydrogen-bond donors (Lipinski definition) is 1. The Morgan fingerprint density at radius 3 is 2.79 bits per heavy atom. The van der Waals surface area contributed by atoms with Crippen LogP contribution < -0.4 is 10.1 Å². The lowest BCUT2D eigenvalue weighted by Gasteiger charge is -2.12. The van der Waals surface area contributed by atoms with Crippen molar-refractivity contribution in [3.63, 3.8) is 0 Å². The molecule has 2 aromatic rings. The number of rotatable bonds is 4. The van der Waals surface area contributed by atoms with Crippen LogP contribution in [0.1, 0.15) is 16.7 Å². The number of anilines is 1. The quantitative estimate of drug-likeness (QED) is 0.906. The number of methoxy groups -OCH3 is 1. The summed E-state index contributed by atoms with van der Waals surface area (Å²) in [6.45, 7) is 2.70. The van der Waals surface area contributed by atoms with Crippen LogP contribution in [-0.2, 0) is 6.54 Å². The van der Waals surface area contributed by atoms with Crippen molar-refractivity contribution in [1.82, 2.24) is 0 Å². The molecular formula is C16H16N2O. The van der Waals surface area contributed by atoms with Crippen molar-refractivity contribution >= 4 is 5.69 Å². The second kappa shape index (κ2) is 5.92. The highest BCUT2D eigenvalue weighted by atomic mass is 16.5. The van der Waals surface area contributed by atoms with Crippen LogP contribution in [0.4, 0.5) is 5.69 Å². The van der Waals surface area contributed by atoms with E-state index in [1.54, 1.807) is 13.2 Å². The van der Waals surface area contributed by atoms with E-state index in [4.69, 9.17) is 10.00 Å². The smallest absolute Gasteiger partial charge is 0.141 e. The van der Waals surface area contributed by atoms with Gasteiger partial charge in [-0.2, -0.15) is 5.26 Å². The highest BCUT2D eigenvalue weighted by molar-refractivity contribution is 5.58. The predicted molar refractivity (Wildman–Crippen MR) is 76.2 cm³/mol. The van der Waals surface area contributed by atoms with Gasteiger partial charge in [-0.25, -0.2) is 0 Å². The molecule has 0 saturated heterocycles. The van der Waals surface area contributed by atoms with E-state index in [9.17, 15) is 0 Å². The first-order chi connectivity index (χ1) is 9.22. The first kappa shape index (κ1) is 13.0. The largest absolute Gasteiger partial charge is 0.495 e. The summed E-state index contributed by atoms with van der Waals surface area (Å²) in [4.78, 5) is 0. The van der Waals surface area contributed by atoms with Crippen LogP contribution in [0.2, 0.25) is 0 Å². The highest BCUT2D eigenvalue weighted by Crippen LogP contribution is 2.25. The van der Waals surface area contributed by atoms with Crippen LogP contribution in [0.3, 0.4) is 0 Å². The van der Waals surface area contributed by atoms with Gasteiger partial charge >= 0.3 is 0 Å². The van der Waals surface area contributed by atoms with E-state index >= 15 is 0 Å². The van der Waals surface area contributed by atoms with Gasteiger partial charge in [0.25, 0.3) is 0 Å². The van der Waals surface area contributed by atoms with Crippen LogP contribution in [0.5, 0.6) is 5.75 Å². The SMILES string of the molecule is COc1ccc(C)cc1NCc1cccc(C#N)c1. The third-order valence-electron chi connectivity index (χ3n) is 2.89. The number of hydrogen-bond acceptors (Lipinski definition) is 3. The zero-order chi connectivity index (χ0) is 13.7. The Labute approximate surface area is 113 Å². The van der Waals surface area contributed by atoms with E-state index in [1.165, 1.54) is 5.56 Å². The number of benzene rings is 2. The van der Waals surface area contributed by atoms with E-state index in [0.717, 1.165) is 17.0 Å². The molecule has 0 amide bonds. The van der Waals surface area contributed by atoms with E-state index in [1.807, 2.05) is 43.3 Å². The maximum Gasteiger partial charge on any atom is 0.141 e. The molecule has 0 aromatic heterocycles. The molecule has 0 radical (unpaired) electrons. The van der Waals surface area contributed by atoms with Crippen LogP contribution in [0.25, 0.3) is 0 Å². The van der Waals surface area contributed by atoms with Crippen molar-refractivity contribution in [1.29, 1.82) is 5.26 Å². The van der Waals surface area contributed by atoms with Crippen molar-refractivity contribution < 1.29 is 4.74 Å². The second-order valence-corrected chi connectivity index (χ2v) is 4.37. The molecule has 3 nitrogen and oxygen atoms in total. The third-order valence-corrected chi connectivity index (χ3v) is 2.89. The summed E-state index contributed by atoms with van der Waals surface area (Å²) in [6, 6.07) is 15.7. The van der Waals surface area contributed by atoms with Crippen molar-refractivity contribution in [3.8, 4) is 11.8 Å². The first-order valence-electron chi connectivity index (χ1n) is 6.10. The zero-order valence-corrected chi connectivity index (χ0v) is 11.1. The van der Waals surface area contributed by atoms with Gasteiger partial charge in [0.05, 0.1) is 24.4 Å². The van der Waals surface area contributed by atoms with Crippen LogP contribution in [-0.4, -0.2) is 7.11 Å². The molecule has 0 unspecified atom stereocenters. The fourth-order valence-electron chi connectivity index (χ4n) is 1.91. The standard InChI is InChI=1S/C16H16N2O/c1-12-6-7-16(19-2)15(8-12)18-11-14-5-3-4-13(9-14)10-17/h3-9,18H,11H2,1-2H3. The Bertz CT molecular complexity index is 614. The van der Waals surface area contributed by atoms with Gasteiger partial charge in [-0.05, 0) is 42.3 Å². The van der Waals surface area contributed by atoms with E-state index in [2.05, 4.69) is 11.4 Å². The van der Waals surface area contributed by atoms with Gasteiger partial charge in [0.15, 0.2) is 0 Å². The topological polar surface area (TPSA) is 45.0 Å². The molecule has 0 saturated carbocycles. The molecule has 3 heteroatoms. The minimum Gasteiger partial charge on any atom is -0.495 e. The van der Waals surface area contributed by atoms with Crippen molar-refractivity contribution in [3.05, 3.63) is 59.2 Å². The Hall–Kier alpha value is -2.47. The molecule has 0 spiro atoms. The maximum absolute atomic E-state index is 8.88. The van der Waals surface area contributed by atoms with Crippen LogP contribution in [0.15, 0.2) is 42.5 Å². The minimum atomic E-state index is 0.662. The average molecular weight is 252 g/mol. The average Bonchev–Trinajstić information content (AvgIpc) is 2.45. The van der Waals surface area contributed by atoms with Crippen LogP contribution >= 0.6 is 0 Å². The molecule has 96 valence electrons.